The minimum Gasteiger partial charge on any atom is -0.366 e. The summed E-state index contributed by atoms with van der Waals surface area (Å²) in [6.07, 6.45) is 0.890. The van der Waals surface area contributed by atoms with Crippen LogP contribution in [0.15, 0.2) is 18.2 Å². The van der Waals surface area contributed by atoms with E-state index in [9.17, 15) is 18.4 Å². The zero-order chi connectivity index (χ0) is 11.9. The highest BCUT2D eigenvalue weighted by Gasteiger charge is 2.28. The second kappa shape index (κ2) is 3.52. The maximum atomic E-state index is 13.3. The van der Waals surface area contributed by atoms with Gasteiger partial charge in [-0.3, -0.25) is 9.59 Å². The SMILES string of the molecule is NC(=O)/C=C1\CC(=O)c2c(F)cc(F)cc21. The number of Topliss-reactive ketones (excluding diaryl/α,β-unsaturated/α-hetero) is 1. The molecular formula is C11H7F2NO2. The highest BCUT2D eigenvalue weighted by Crippen LogP contribution is 2.34. The van der Waals surface area contributed by atoms with Crippen LogP contribution in [-0.4, -0.2) is 11.7 Å². The number of ketones is 1. The number of rotatable bonds is 1. The Morgan fingerprint density at radius 3 is 2.69 bits per heavy atom. The summed E-state index contributed by atoms with van der Waals surface area (Å²) in [6.45, 7) is 0. The fourth-order valence-corrected chi connectivity index (χ4v) is 1.77. The Bertz CT molecular complexity index is 535. The van der Waals surface area contributed by atoms with Crippen LogP contribution in [0.1, 0.15) is 22.3 Å². The van der Waals surface area contributed by atoms with Gasteiger partial charge in [0.1, 0.15) is 11.6 Å². The highest BCUT2D eigenvalue weighted by molar-refractivity contribution is 6.14. The van der Waals surface area contributed by atoms with Gasteiger partial charge in [0.15, 0.2) is 5.78 Å². The first-order valence-corrected chi connectivity index (χ1v) is 4.51. The van der Waals surface area contributed by atoms with Gasteiger partial charge < -0.3 is 5.73 Å². The fourth-order valence-electron chi connectivity index (χ4n) is 1.77. The first-order valence-electron chi connectivity index (χ1n) is 4.51. The molecule has 16 heavy (non-hydrogen) atoms. The van der Waals surface area contributed by atoms with Crippen LogP contribution in [0, 0.1) is 11.6 Å². The lowest BCUT2D eigenvalue weighted by Gasteiger charge is -2.00. The summed E-state index contributed by atoms with van der Waals surface area (Å²) in [6, 6.07) is 1.67. The van der Waals surface area contributed by atoms with E-state index in [0.29, 0.717) is 6.07 Å². The Kier molecular flexibility index (Phi) is 2.30. The normalized spacial score (nSPS) is 16.6. The molecule has 1 aromatic rings. The molecule has 0 fully saturated rings. The largest absolute Gasteiger partial charge is 0.366 e. The number of carbonyl (C=O) groups is 2. The number of allylic oxidation sites excluding steroid dienone is 1. The van der Waals surface area contributed by atoms with E-state index in [-0.39, 0.29) is 23.1 Å². The number of primary amides is 1. The predicted octanol–water partition coefficient (Wildman–Crippen LogP) is 1.42. The summed E-state index contributed by atoms with van der Waals surface area (Å²) in [4.78, 5) is 22.1. The number of halogens is 2. The number of benzene rings is 1. The smallest absolute Gasteiger partial charge is 0.241 e. The summed E-state index contributed by atoms with van der Waals surface area (Å²) in [5.74, 6) is -2.92. The lowest BCUT2D eigenvalue weighted by Crippen LogP contribution is -2.06. The van der Waals surface area contributed by atoms with E-state index >= 15 is 0 Å². The third kappa shape index (κ3) is 1.60. The number of amides is 1. The van der Waals surface area contributed by atoms with Crippen LogP contribution in [0.25, 0.3) is 5.57 Å². The van der Waals surface area contributed by atoms with Crippen LogP contribution >= 0.6 is 0 Å². The summed E-state index contributed by atoms with van der Waals surface area (Å²) >= 11 is 0. The summed E-state index contributed by atoms with van der Waals surface area (Å²) in [7, 11) is 0. The number of fused-ring (bicyclic) bond motifs is 1. The molecule has 0 saturated heterocycles. The maximum absolute atomic E-state index is 13.3. The van der Waals surface area contributed by atoms with Crippen molar-refractivity contribution in [2.45, 2.75) is 6.42 Å². The zero-order valence-electron chi connectivity index (χ0n) is 8.09. The van der Waals surface area contributed by atoms with E-state index in [2.05, 4.69) is 0 Å². The quantitative estimate of drug-likeness (QED) is 0.732. The van der Waals surface area contributed by atoms with E-state index in [1.165, 1.54) is 0 Å². The van der Waals surface area contributed by atoms with Crippen LogP contribution in [0.4, 0.5) is 8.78 Å². The second-order valence-corrected chi connectivity index (χ2v) is 3.48. The number of carbonyl (C=O) groups excluding carboxylic acids is 2. The van der Waals surface area contributed by atoms with Gasteiger partial charge >= 0.3 is 0 Å². The molecule has 0 aliphatic heterocycles. The van der Waals surface area contributed by atoms with Gasteiger partial charge in [-0.05, 0) is 17.2 Å². The molecule has 0 atom stereocenters. The Labute approximate surface area is 89.6 Å². The minimum atomic E-state index is -0.909. The van der Waals surface area contributed by atoms with Crippen molar-refractivity contribution in [3.05, 3.63) is 41.0 Å². The molecule has 1 aliphatic carbocycles. The van der Waals surface area contributed by atoms with Crippen LogP contribution in [-0.2, 0) is 4.79 Å². The van der Waals surface area contributed by atoms with Gasteiger partial charge in [-0.25, -0.2) is 8.78 Å². The van der Waals surface area contributed by atoms with Crippen molar-refractivity contribution < 1.29 is 18.4 Å². The van der Waals surface area contributed by atoms with Crippen LogP contribution in [0.2, 0.25) is 0 Å². The Balaban J connectivity index is 2.66. The van der Waals surface area contributed by atoms with Gasteiger partial charge in [0.25, 0.3) is 0 Å². The Morgan fingerprint density at radius 2 is 2.06 bits per heavy atom. The Hall–Kier alpha value is -2.04. The molecule has 0 saturated carbocycles. The minimum absolute atomic E-state index is 0.112. The third-order valence-electron chi connectivity index (χ3n) is 2.35. The van der Waals surface area contributed by atoms with Crippen LogP contribution < -0.4 is 5.73 Å². The average Bonchev–Trinajstić information content (AvgIpc) is 2.41. The van der Waals surface area contributed by atoms with E-state index < -0.39 is 23.3 Å². The summed E-state index contributed by atoms with van der Waals surface area (Å²) in [5, 5.41) is 0. The van der Waals surface area contributed by atoms with Gasteiger partial charge in [0, 0.05) is 18.6 Å². The average molecular weight is 223 g/mol. The number of hydrogen-bond acceptors (Lipinski definition) is 2. The van der Waals surface area contributed by atoms with E-state index in [4.69, 9.17) is 5.73 Å². The van der Waals surface area contributed by atoms with Crippen molar-refractivity contribution in [2.75, 3.05) is 0 Å². The molecule has 5 heteroatoms. The lowest BCUT2D eigenvalue weighted by atomic mass is 10.1. The van der Waals surface area contributed by atoms with Crippen molar-refractivity contribution in [1.82, 2.24) is 0 Å². The van der Waals surface area contributed by atoms with Gasteiger partial charge in [-0.2, -0.15) is 0 Å². The summed E-state index contributed by atoms with van der Waals surface area (Å²) in [5.41, 5.74) is 5.13. The number of hydrogen-bond donors (Lipinski definition) is 1. The van der Waals surface area contributed by atoms with Crippen molar-refractivity contribution in [1.29, 1.82) is 0 Å². The lowest BCUT2D eigenvalue weighted by molar-refractivity contribution is -0.113. The molecule has 0 spiro atoms. The second-order valence-electron chi connectivity index (χ2n) is 3.48. The van der Waals surface area contributed by atoms with Crippen molar-refractivity contribution in [3.8, 4) is 0 Å². The fraction of sp³-hybridized carbons (Fsp3) is 0.0909. The van der Waals surface area contributed by atoms with E-state index in [0.717, 1.165) is 12.1 Å². The topological polar surface area (TPSA) is 60.2 Å². The van der Waals surface area contributed by atoms with E-state index in [1.807, 2.05) is 0 Å². The molecule has 1 amide bonds. The first-order chi connectivity index (χ1) is 7.49. The summed E-state index contributed by atoms with van der Waals surface area (Å²) < 4.78 is 26.3. The van der Waals surface area contributed by atoms with Gasteiger partial charge in [0.05, 0.1) is 5.56 Å². The van der Waals surface area contributed by atoms with E-state index in [1.54, 1.807) is 0 Å². The van der Waals surface area contributed by atoms with Crippen LogP contribution in [0.5, 0.6) is 0 Å². The molecule has 0 aromatic heterocycles. The molecule has 3 nitrogen and oxygen atoms in total. The first kappa shape index (κ1) is 10.5. The van der Waals surface area contributed by atoms with Crippen molar-refractivity contribution in [3.63, 3.8) is 0 Å². The monoisotopic (exact) mass is 223 g/mol. The molecule has 0 bridgehead atoms. The number of nitrogens with two attached hydrogens (primary N) is 1. The molecule has 2 rings (SSSR count). The molecule has 1 aromatic carbocycles. The molecule has 1 aliphatic rings. The molecule has 2 N–H and O–H groups in total. The third-order valence-corrected chi connectivity index (χ3v) is 2.35. The Morgan fingerprint density at radius 1 is 1.38 bits per heavy atom. The zero-order valence-corrected chi connectivity index (χ0v) is 8.09. The van der Waals surface area contributed by atoms with Crippen LogP contribution in [0.3, 0.4) is 0 Å². The molecular weight excluding hydrogens is 216 g/mol. The molecule has 0 heterocycles. The van der Waals surface area contributed by atoms with Gasteiger partial charge in [-0.1, -0.05) is 0 Å². The van der Waals surface area contributed by atoms with Crippen molar-refractivity contribution >= 4 is 17.3 Å². The van der Waals surface area contributed by atoms with Gasteiger partial charge in [-0.15, -0.1) is 0 Å². The van der Waals surface area contributed by atoms with Crippen molar-refractivity contribution in [2.24, 2.45) is 5.73 Å². The molecule has 0 unspecified atom stereocenters. The predicted molar refractivity (Wildman–Crippen MR) is 52.5 cm³/mol. The highest BCUT2D eigenvalue weighted by atomic mass is 19.1. The standard InChI is InChI=1S/C11H7F2NO2/c12-6-3-7-5(2-10(14)16)1-9(15)11(7)8(13)4-6/h2-4H,1H2,(H2,14,16)/b5-2+. The molecule has 0 radical (unpaired) electrons. The van der Waals surface area contributed by atoms with Gasteiger partial charge in [0.2, 0.25) is 5.91 Å². The molecule has 82 valence electrons. The maximum Gasteiger partial charge on any atom is 0.241 e.